The smallest absolute Gasteiger partial charge is 0.409 e. The first-order valence-corrected chi connectivity index (χ1v) is 10.3. The highest BCUT2D eigenvalue weighted by molar-refractivity contribution is 7.88. The number of rotatable bonds is 5. The summed E-state index contributed by atoms with van der Waals surface area (Å²) in [4.78, 5) is 28.0. The van der Waals surface area contributed by atoms with Crippen molar-refractivity contribution in [3.05, 3.63) is 35.9 Å². The van der Waals surface area contributed by atoms with Crippen molar-refractivity contribution in [3.63, 3.8) is 0 Å². The average Bonchev–Trinajstić information content (AvgIpc) is 2.62. The third-order valence-corrected chi connectivity index (χ3v) is 5.61. The van der Waals surface area contributed by atoms with Crippen LogP contribution in [0.5, 0.6) is 0 Å². The molecule has 1 unspecified atom stereocenters. The third kappa shape index (κ3) is 4.73. The quantitative estimate of drug-likeness (QED) is 0.755. The van der Waals surface area contributed by atoms with Crippen molar-refractivity contribution in [2.45, 2.75) is 13.0 Å². The normalized spacial score (nSPS) is 16.5. The van der Waals surface area contributed by atoms with Gasteiger partial charge in [0.25, 0.3) is 0 Å². The molecule has 1 saturated heterocycles. The van der Waals surface area contributed by atoms with Gasteiger partial charge in [-0.15, -0.1) is 0 Å². The minimum absolute atomic E-state index is 0.298. The van der Waals surface area contributed by atoms with E-state index in [1.54, 1.807) is 41.0 Å². The largest absolute Gasteiger partial charge is 0.450 e. The van der Waals surface area contributed by atoms with Crippen LogP contribution < -0.4 is 0 Å². The molecule has 0 aliphatic carbocycles. The molecule has 0 saturated carbocycles. The maximum Gasteiger partial charge on any atom is 0.409 e. The van der Waals surface area contributed by atoms with Crippen LogP contribution in [-0.2, 0) is 19.6 Å². The second kappa shape index (κ2) is 8.50. The Kier molecular flexibility index (Phi) is 6.60. The molecule has 1 atom stereocenters. The van der Waals surface area contributed by atoms with E-state index in [2.05, 4.69) is 0 Å². The molecule has 0 N–H and O–H groups in total. The van der Waals surface area contributed by atoms with Crippen LogP contribution in [0, 0.1) is 0 Å². The van der Waals surface area contributed by atoms with E-state index in [-0.39, 0.29) is 5.91 Å². The Morgan fingerprint density at radius 3 is 2.15 bits per heavy atom. The number of nitrogens with zero attached hydrogens (tertiary/aromatic N) is 3. The van der Waals surface area contributed by atoms with Gasteiger partial charge < -0.3 is 14.5 Å². The summed E-state index contributed by atoms with van der Waals surface area (Å²) >= 11 is 0. The van der Waals surface area contributed by atoms with Crippen LogP contribution in [0.1, 0.15) is 18.5 Å². The topological polar surface area (TPSA) is 87.2 Å². The Morgan fingerprint density at radius 1 is 1.12 bits per heavy atom. The van der Waals surface area contributed by atoms with Gasteiger partial charge in [-0.05, 0) is 12.5 Å². The Bertz CT molecular complexity index is 730. The Labute approximate surface area is 154 Å². The van der Waals surface area contributed by atoms with Crippen molar-refractivity contribution < 1.29 is 22.7 Å². The lowest BCUT2D eigenvalue weighted by Crippen LogP contribution is -2.53. The maximum absolute atomic E-state index is 13.1. The predicted octanol–water partition coefficient (Wildman–Crippen LogP) is 0.920. The molecule has 2 rings (SSSR count). The van der Waals surface area contributed by atoms with Gasteiger partial charge in [0.2, 0.25) is 15.9 Å². The molecule has 144 valence electrons. The minimum Gasteiger partial charge on any atom is -0.450 e. The number of piperazine rings is 1. The standard InChI is InChI=1S/C17H25N3O5S/c1-4-25-17(22)20-12-10-19(11-13-20)16(21)15(18(2)26(3,23)24)14-8-6-5-7-9-14/h5-9,15H,4,10-13H2,1-3H3. The summed E-state index contributed by atoms with van der Waals surface area (Å²) in [5.41, 5.74) is 0.609. The Morgan fingerprint density at radius 2 is 1.65 bits per heavy atom. The van der Waals surface area contributed by atoms with Crippen molar-refractivity contribution in [2.24, 2.45) is 0 Å². The second-order valence-corrected chi connectivity index (χ2v) is 8.15. The number of benzene rings is 1. The lowest BCUT2D eigenvalue weighted by Gasteiger charge is -2.37. The summed E-state index contributed by atoms with van der Waals surface area (Å²) in [6, 6.07) is 7.89. The van der Waals surface area contributed by atoms with Gasteiger partial charge in [-0.25, -0.2) is 13.2 Å². The summed E-state index contributed by atoms with van der Waals surface area (Å²) < 4.78 is 30.1. The highest BCUT2D eigenvalue weighted by atomic mass is 32.2. The predicted molar refractivity (Wildman–Crippen MR) is 97.0 cm³/mol. The van der Waals surface area contributed by atoms with Crippen molar-refractivity contribution >= 4 is 22.0 Å². The summed E-state index contributed by atoms with van der Waals surface area (Å²) in [7, 11) is -2.16. The highest BCUT2D eigenvalue weighted by Gasteiger charge is 2.35. The fourth-order valence-corrected chi connectivity index (χ4v) is 3.43. The van der Waals surface area contributed by atoms with Crippen LogP contribution in [0.3, 0.4) is 0 Å². The van der Waals surface area contributed by atoms with Gasteiger partial charge in [-0.2, -0.15) is 4.31 Å². The van der Waals surface area contributed by atoms with Gasteiger partial charge >= 0.3 is 6.09 Å². The zero-order valence-electron chi connectivity index (χ0n) is 15.3. The van der Waals surface area contributed by atoms with E-state index in [4.69, 9.17) is 4.74 Å². The van der Waals surface area contributed by atoms with E-state index in [9.17, 15) is 18.0 Å². The minimum atomic E-state index is -3.56. The van der Waals surface area contributed by atoms with Crippen molar-refractivity contribution in [2.75, 3.05) is 46.1 Å². The van der Waals surface area contributed by atoms with Crippen molar-refractivity contribution in [3.8, 4) is 0 Å². The van der Waals surface area contributed by atoms with E-state index < -0.39 is 22.2 Å². The molecule has 9 heteroatoms. The lowest BCUT2D eigenvalue weighted by molar-refractivity contribution is -0.136. The van der Waals surface area contributed by atoms with E-state index in [0.717, 1.165) is 10.6 Å². The SMILES string of the molecule is CCOC(=O)N1CCN(C(=O)C(c2ccccc2)N(C)S(C)(=O)=O)CC1. The highest BCUT2D eigenvalue weighted by Crippen LogP contribution is 2.25. The summed E-state index contributed by atoms with van der Waals surface area (Å²) in [5, 5.41) is 0. The fourth-order valence-electron chi connectivity index (χ4n) is 2.83. The van der Waals surface area contributed by atoms with Gasteiger partial charge in [0, 0.05) is 33.2 Å². The monoisotopic (exact) mass is 383 g/mol. The molecule has 0 aromatic heterocycles. The first-order chi connectivity index (χ1) is 12.3. The van der Waals surface area contributed by atoms with E-state index in [1.165, 1.54) is 7.05 Å². The molecule has 1 aromatic rings. The summed E-state index contributed by atoms with van der Waals surface area (Å²) in [6.07, 6.45) is 0.682. The van der Waals surface area contributed by atoms with Gasteiger partial charge in [0.05, 0.1) is 12.9 Å². The molecular formula is C17H25N3O5S. The van der Waals surface area contributed by atoms with Gasteiger partial charge in [-0.3, -0.25) is 4.79 Å². The number of amides is 2. The molecular weight excluding hydrogens is 358 g/mol. The first-order valence-electron chi connectivity index (χ1n) is 8.44. The molecule has 8 nitrogen and oxygen atoms in total. The van der Waals surface area contributed by atoms with Crippen LogP contribution in [0.4, 0.5) is 4.79 Å². The summed E-state index contributed by atoms with van der Waals surface area (Å²) in [5.74, 6) is -0.298. The van der Waals surface area contributed by atoms with Crippen molar-refractivity contribution in [1.82, 2.24) is 14.1 Å². The van der Waals surface area contributed by atoms with Crippen LogP contribution in [0.2, 0.25) is 0 Å². The number of carbonyl (C=O) groups is 2. The molecule has 0 bridgehead atoms. The number of carbonyl (C=O) groups excluding carboxylic acids is 2. The lowest BCUT2D eigenvalue weighted by atomic mass is 10.1. The number of hydrogen-bond acceptors (Lipinski definition) is 5. The van der Waals surface area contributed by atoms with E-state index >= 15 is 0 Å². The molecule has 0 radical (unpaired) electrons. The zero-order chi connectivity index (χ0) is 19.3. The average molecular weight is 383 g/mol. The zero-order valence-corrected chi connectivity index (χ0v) is 16.1. The second-order valence-electron chi connectivity index (χ2n) is 6.10. The van der Waals surface area contributed by atoms with E-state index in [0.29, 0.717) is 38.3 Å². The summed E-state index contributed by atoms with van der Waals surface area (Å²) in [6.45, 7) is 3.41. The van der Waals surface area contributed by atoms with Crippen molar-refractivity contribution in [1.29, 1.82) is 0 Å². The number of hydrogen-bond donors (Lipinski definition) is 0. The molecule has 0 spiro atoms. The third-order valence-electron chi connectivity index (χ3n) is 4.35. The van der Waals surface area contributed by atoms with Crippen LogP contribution >= 0.6 is 0 Å². The van der Waals surface area contributed by atoms with Gasteiger partial charge in [0.15, 0.2) is 0 Å². The molecule has 1 aliphatic rings. The van der Waals surface area contributed by atoms with E-state index in [1.807, 2.05) is 6.07 Å². The fraction of sp³-hybridized carbons (Fsp3) is 0.529. The molecule has 1 aromatic carbocycles. The molecule has 1 heterocycles. The number of sulfonamides is 1. The number of likely N-dealkylation sites (N-methyl/N-ethyl adjacent to an activating group) is 1. The Hall–Kier alpha value is -2.13. The van der Waals surface area contributed by atoms with Gasteiger partial charge in [0.1, 0.15) is 6.04 Å². The Balaban J connectivity index is 2.17. The number of ether oxygens (including phenoxy) is 1. The van der Waals surface area contributed by atoms with Gasteiger partial charge in [-0.1, -0.05) is 30.3 Å². The van der Waals surface area contributed by atoms with Crippen LogP contribution in [0.15, 0.2) is 30.3 Å². The maximum atomic E-state index is 13.1. The molecule has 1 aliphatic heterocycles. The molecule has 26 heavy (non-hydrogen) atoms. The van der Waals surface area contributed by atoms with Crippen LogP contribution in [-0.4, -0.2) is 80.6 Å². The molecule has 1 fully saturated rings. The first kappa shape index (κ1) is 20.2. The molecule has 2 amide bonds. The van der Waals surface area contributed by atoms with Crippen LogP contribution in [0.25, 0.3) is 0 Å².